The second-order valence-corrected chi connectivity index (χ2v) is 4.79. The highest BCUT2D eigenvalue weighted by Crippen LogP contribution is 2.37. The Morgan fingerprint density at radius 1 is 1.64 bits per heavy atom. The van der Waals surface area contributed by atoms with Crippen molar-refractivity contribution in [2.75, 3.05) is 5.75 Å². The van der Waals surface area contributed by atoms with Gasteiger partial charge in [-0.2, -0.15) is 0 Å². The van der Waals surface area contributed by atoms with Crippen LogP contribution in [0, 0.1) is 5.92 Å². The van der Waals surface area contributed by atoms with Gasteiger partial charge in [0.25, 0.3) is 0 Å². The predicted molar refractivity (Wildman–Crippen MR) is 55.0 cm³/mol. The van der Waals surface area contributed by atoms with Crippen LogP contribution in [-0.4, -0.2) is 28.9 Å². The highest BCUT2D eigenvalue weighted by Gasteiger charge is 2.39. The minimum atomic E-state index is -0.523. The fourth-order valence-corrected chi connectivity index (χ4v) is 3.48. The Morgan fingerprint density at radius 3 is 3.14 bits per heavy atom. The lowest BCUT2D eigenvalue weighted by atomic mass is 9.87. The summed E-state index contributed by atoms with van der Waals surface area (Å²) in [6.07, 6.45) is 4.27. The minimum absolute atomic E-state index is 0.0249. The van der Waals surface area contributed by atoms with Gasteiger partial charge in [-0.05, 0) is 18.2 Å². The van der Waals surface area contributed by atoms with Gasteiger partial charge in [0.2, 0.25) is 0 Å². The van der Waals surface area contributed by atoms with E-state index in [0.717, 1.165) is 12.2 Å². The average Bonchev–Trinajstić information content (AvgIpc) is 2.58. The summed E-state index contributed by atoms with van der Waals surface area (Å²) in [7, 11) is 0. The van der Waals surface area contributed by atoms with Gasteiger partial charge in [0.1, 0.15) is 0 Å². The van der Waals surface area contributed by atoms with Crippen LogP contribution in [-0.2, 0) is 4.79 Å². The van der Waals surface area contributed by atoms with Gasteiger partial charge in [0.15, 0.2) is 5.78 Å². The van der Waals surface area contributed by atoms with Crippen LogP contribution in [0.5, 0.6) is 0 Å². The molecule has 76 valence electrons. The molecule has 0 radical (unpaired) electrons. The number of thioether (sulfide) groups is 1. The molecule has 2 rings (SSSR count). The van der Waals surface area contributed by atoms with E-state index >= 15 is 0 Å². The SMILES string of the molecule is NC(=O)NC1C=CC(=O)C2SCCC12. The lowest BCUT2D eigenvalue weighted by Crippen LogP contribution is -2.47. The van der Waals surface area contributed by atoms with Crippen molar-refractivity contribution in [1.82, 2.24) is 5.32 Å². The van der Waals surface area contributed by atoms with E-state index in [2.05, 4.69) is 5.32 Å². The first-order valence-electron chi connectivity index (χ1n) is 4.58. The van der Waals surface area contributed by atoms with Gasteiger partial charge in [-0.1, -0.05) is 6.08 Å². The highest BCUT2D eigenvalue weighted by atomic mass is 32.2. The molecular formula is C9H12N2O2S. The van der Waals surface area contributed by atoms with E-state index in [1.165, 1.54) is 0 Å². The van der Waals surface area contributed by atoms with Crippen molar-refractivity contribution < 1.29 is 9.59 Å². The molecule has 5 heteroatoms. The molecule has 14 heavy (non-hydrogen) atoms. The largest absolute Gasteiger partial charge is 0.352 e. The van der Waals surface area contributed by atoms with Crippen LogP contribution >= 0.6 is 11.8 Å². The van der Waals surface area contributed by atoms with Gasteiger partial charge in [0, 0.05) is 5.92 Å². The first kappa shape index (κ1) is 9.58. The number of nitrogens with two attached hydrogens (primary N) is 1. The zero-order valence-electron chi connectivity index (χ0n) is 7.60. The molecule has 0 spiro atoms. The van der Waals surface area contributed by atoms with Gasteiger partial charge < -0.3 is 11.1 Å². The molecule has 0 saturated carbocycles. The monoisotopic (exact) mass is 212 g/mol. The Bertz CT molecular complexity index is 303. The Morgan fingerprint density at radius 2 is 2.43 bits per heavy atom. The number of rotatable bonds is 1. The van der Waals surface area contributed by atoms with E-state index in [1.807, 2.05) is 0 Å². The van der Waals surface area contributed by atoms with Crippen molar-refractivity contribution in [3.8, 4) is 0 Å². The number of ketones is 1. The number of primary amides is 1. The molecule has 0 aromatic heterocycles. The number of hydrogen-bond donors (Lipinski definition) is 2. The second kappa shape index (κ2) is 3.65. The Labute approximate surface area is 86.3 Å². The average molecular weight is 212 g/mol. The summed E-state index contributed by atoms with van der Waals surface area (Å²) in [6.45, 7) is 0. The summed E-state index contributed by atoms with van der Waals surface area (Å²) in [5.74, 6) is 1.38. The molecule has 3 atom stereocenters. The number of nitrogens with one attached hydrogen (secondary N) is 1. The molecule has 2 amide bonds. The van der Waals surface area contributed by atoms with E-state index in [4.69, 9.17) is 5.73 Å². The Hall–Kier alpha value is -0.970. The topological polar surface area (TPSA) is 72.2 Å². The van der Waals surface area contributed by atoms with E-state index in [-0.39, 0.29) is 23.0 Å². The van der Waals surface area contributed by atoms with Crippen molar-refractivity contribution in [3.05, 3.63) is 12.2 Å². The maximum absolute atomic E-state index is 11.5. The van der Waals surface area contributed by atoms with E-state index < -0.39 is 6.03 Å². The van der Waals surface area contributed by atoms with E-state index in [0.29, 0.717) is 0 Å². The zero-order chi connectivity index (χ0) is 10.1. The van der Waals surface area contributed by atoms with E-state index in [9.17, 15) is 9.59 Å². The maximum atomic E-state index is 11.5. The molecule has 2 aliphatic rings. The smallest absolute Gasteiger partial charge is 0.312 e. The molecule has 3 unspecified atom stereocenters. The quantitative estimate of drug-likeness (QED) is 0.656. The summed E-state index contributed by atoms with van der Waals surface area (Å²) in [4.78, 5) is 22.2. The van der Waals surface area contributed by atoms with Gasteiger partial charge in [-0.15, -0.1) is 11.8 Å². The summed E-state index contributed by atoms with van der Waals surface area (Å²) >= 11 is 1.67. The minimum Gasteiger partial charge on any atom is -0.352 e. The summed E-state index contributed by atoms with van der Waals surface area (Å²) in [5, 5.41) is 2.69. The molecule has 0 bridgehead atoms. The normalized spacial score (nSPS) is 35.4. The van der Waals surface area contributed by atoms with Crippen LogP contribution in [0.3, 0.4) is 0 Å². The molecule has 4 nitrogen and oxygen atoms in total. The number of fused-ring (bicyclic) bond motifs is 1. The summed E-state index contributed by atoms with van der Waals surface area (Å²) < 4.78 is 0. The summed E-state index contributed by atoms with van der Waals surface area (Å²) in [6, 6.07) is -0.588. The van der Waals surface area contributed by atoms with Crippen LogP contribution in [0.15, 0.2) is 12.2 Å². The standard InChI is InChI=1S/C9H12N2O2S/c10-9(13)11-6-1-2-7(12)8-5(6)3-4-14-8/h1-2,5-6,8H,3-4H2,(H3,10,11,13). The molecule has 1 fully saturated rings. The van der Waals surface area contributed by atoms with Gasteiger partial charge in [-0.25, -0.2) is 4.79 Å². The van der Waals surface area contributed by atoms with Crippen LogP contribution in [0.2, 0.25) is 0 Å². The first-order valence-corrected chi connectivity index (χ1v) is 5.63. The van der Waals surface area contributed by atoms with Crippen molar-refractivity contribution in [2.45, 2.75) is 17.7 Å². The third-order valence-corrected chi connectivity index (χ3v) is 4.07. The van der Waals surface area contributed by atoms with Crippen LogP contribution in [0.25, 0.3) is 0 Å². The molecule has 1 aliphatic heterocycles. The van der Waals surface area contributed by atoms with Gasteiger partial charge in [-0.3, -0.25) is 4.79 Å². The molecule has 3 N–H and O–H groups in total. The van der Waals surface area contributed by atoms with Crippen LogP contribution in [0.1, 0.15) is 6.42 Å². The fourth-order valence-electron chi connectivity index (χ4n) is 2.02. The van der Waals surface area contributed by atoms with Crippen molar-refractivity contribution in [3.63, 3.8) is 0 Å². The Balaban J connectivity index is 2.14. The Kier molecular flexibility index (Phi) is 2.50. The first-order chi connectivity index (χ1) is 6.68. The number of allylic oxidation sites excluding steroid dienone is 1. The molecule has 0 aromatic carbocycles. The maximum Gasteiger partial charge on any atom is 0.312 e. The van der Waals surface area contributed by atoms with Crippen molar-refractivity contribution in [1.29, 1.82) is 0 Å². The van der Waals surface area contributed by atoms with Crippen molar-refractivity contribution >= 4 is 23.6 Å². The van der Waals surface area contributed by atoms with Gasteiger partial charge in [0.05, 0.1) is 11.3 Å². The molecule has 1 aliphatic carbocycles. The third-order valence-electron chi connectivity index (χ3n) is 2.66. The number of carbonyl (C=O) groups is 2. The number of amides is 2. The van der Waals surface area contributed by atoms with E-state index in [1.54, 1.807) is 23.9 Å². The highest BCUT2D eigenvalue weighted by molar-refractivity contribution is 8.00. The molecule has 1 saturated heterocycles. The van der Waals surface area contributed by atoms with Crippen LogP contribution < -0.4 is 11.1 Å². The lowest BCUT2D eigenvalue weighted by Gasteiger charge is -2.27. The molecule has 1 heterocycles. The third kappa shape index (κ3) is 1.64. The van der Waals surface area contributed by atoms with Crippen molar-refractivity contribution in [2.24, 2.45) is 11.7 Å². The number of hydrogen-bond acceptors (Lipinski definition) is 3. The lowest BCUT2D eigenvalue weighted by molar-refractivity contribution is -0.115. The predicted octanol–water partition coefficient (Wildman–Crippen LogP) is 0.284. The second-order valence-electron chi connectivity index (χ2n) is 3.54. The zero-order valence-corrected chi connectivity index (χ0v) is 8.42. The molecule has 0 aromatic rings. The number of carbonyl (C=O) groups excluding carboxylic acids is 2. The van der Waals surface area contributed by atoms with Crippen LogP contribution in [0.4, 0.5) is 4.79 Å². The summed E-state index contributed by atoms with van der Waals surface area (Å²) in [5.41, 5.74) is 5.07. The fraction of sp³-hybridized carbons (Fsp3) is 0.556. The number of urea groups is 1. The van der Waals surface area contributed by atoms with Gasteiger partial charge >= 0.3 is 6.03 Å². The molecular weight excluding hydrogens is 200 g/mol.